The van der Waals surface area contributed by atoms with Gasteiger partial charge in [-0.05, 0) is 37.1 Å². The Labute approximate surface area is 153 Å². The Morgan fingerprint density at radius 2 is 1.92 bits per heavy atom. The fourth-order valence-corrected chi connectivity index (χ4v) is 4.87. The zero-order valence-electron chi connectivity index (χ0n) is 12.7. The van der Waals surface area contributed by atoms with E-state index in [2.05, 4.69) is 26.2 Å². The van der Waals surface area contributed by atoms with Crippen LogP contribution in [0.1, 0.15) is 12.8 Å². The Balaban J connectivity index is 1.62. The molecule has 0 radical (unpaired) electrons. The summed E-state index contributed by atoms with van der Waals surface area (Å²) in [5.74, 6) is -0.282. The Morgan fingerprint density at radius 3 is 2.50 bits per heavy atom. The van der Waals surface area contributed by atoms with Gasteiger partial charge in [-0.3, -0.25) is 4.79 Å². The van der Waals surface area contributed by atoms with E-state index in [1.165, 1.54) is 15.6 Å². The van der Waals surface area contributed by atoms with E-state index in [-0.39, 0.29) is 16.7 Å². The second-order valence-electron chi connectivity index (χ2n) is 5.46. The highest BCUT2D eigenvalue weighted by Crippen LogP contribution is 2.26. The van der Waals surface area contributed by atoms with Gasteiger partial charge in [0.1, 0.15) is 0 Å². The van der Waals surface area contributed by atoms with Gasteiger partial charge in [0.15, 0.2) is 5.13 Å². The third-order valence-corrected chi connectivity index (χ3v) is 7.07. The molecule has 0 unspecified atom stereocenters. The lowest BCUT2D eigenvalue weighted by molar-refractivity contribution is -0.120. The summed E-state index contributed by atoms with van der Waals surface area (Å²) in [4.78, 5) is 16.5. The maximum Gasteiger partial charge on any atom is 0.243 e. The van der Waals surface area contributed by atoms with E-state index < -0.39 is 10.0 Å². The highest BCUT2D eigenvalue weighted by Gasteiger charge is 2.32. The van der Waals surface area contributed by atoms with Gasteiger partial charge < -0.3 is 5.32 Å². The number of thiazole rings is 1. The number of sulfonamides is 1. The van der Waals surface area contributed by atoms with Crippen molar-refractivity contribution in [3.63, 3.8) is 0 Å². The number of piperidine rings is 1. The smallest absolute Gasteiger partial charge is 0.243 e. The van der Waals surface area contributed by atoms with Crippen LogP contribution in [0.2, 0.25) is 0 Å². The quantitative estimate of drug-likeness (QED) is 0.809. The van der Waals surface area contributed by atoms with E-state index in [1.807, 2.05) is 0 Å². The number of amides is 1. The largest absolute Gasteiger partial charge is 0.302 e. The van der Waals surface area contributed by atoms with Crippen molar-refractivity contribution in [2.45, 2.75) is 17.7 Å². The van der Waals surface area contributed by atoms with Crippen LogP contribution in [0.4, 0.5) is 5.13 Å². The molecule has 6 nitrogen and oxygen atoms in total. The minimum Gasteiger partial charge on any atom is -0.302 e. The monoisotopic (exact) mass is 429 g/mol. The molecule has 0 saturated carbocycles. The number of halogens is 1. The molecule has 1 aromatic carbocycles. The Bertz CT molecular complexity index is 799. The van der Waals surface area contributed by atoms with E-state index >= 15 is 0 Å². The molecule has 1 aromatic heterocycles. The van der Waals surface area contributed by atoms with Crippen LogP contribution in [0.3, 0.4) is 0 Å². The molecule has 0 bridgehead atoms. The average Bonchev–Trinajstić information content (AvgIpc) is 3.08. The summed E-state index contributed by atoms with van der Waals surface area (Å²) < 4.78 is 27.5. The van der Waals surface area contributed by atoms with Crippen LogP contribution in [0.15, 0.2) is 45.2 Å². The molecule has 0 atom stereocenters. The topological polar surface area (TPSA) is 79.4 Å². The van der Waals surface area contributed by atoms with E-state index in [0.29, 0.717) is 31.1 Å². The normalized spacial score (nSPS) is 16.9. The summed E-state index contributed by atoms with van der Waals surface area (Å²) in [6.45, 7) is 0.683. The van der Waals surface area contributed by atoms with E-state index in [9.17, 15) is 13.2 Å². The van der Waals surface area contributed by atoms with Crippen molar-refractivity contribution in [3.05, 3.63) is 40.3 Å². The van der Waals surface area contributed by atoms with Crippen LogP contribution >= 0.6 is 27.3 Å². The van der Waals surface area contributed by atoms with Gasteiger partial charge in [-0.15, -0.1) is 11.3 Å². The molecule has 24 heavy (non-hydrogen) atoms. The number of anilines is 1. The molecule has 1 aliphatic rings. The van der Waals surface area contributed by atoms with Crippen LogP contribution in [-0.2, 0) is 14.8 Å². The Kier molecular flexibility index (Phi) is 5.33. The molecule has 2 aromatic rings. The summed E-state index contributed by atoms with van der Waals surface area (Å²) in [6.07, 6.45) is 2.65. The van der Waals surface area contributed by atoms with Gasteiger partial charge in [0.25, 0.3) is 0 Å². The molecule has 2 heterocycles. The first-order valence-corrected chi connectivity index (χ1v) is 10.5. The van der Waals surface area contributed by atoms with Gasteiger partial charge in [-0.1, -0.05) is 15.9 Å². The molecule has 128 valence electrons. The first-order chi connectivity index (χ1) is 11.5. The van der Waals surface area contributed by atoms with Crippen LogP contribution in [0.25, 0.3) is 0 Å². The molecule has 3 rings (SSSR count). The van der Waals surface area contributed by atoms with Crippen molar-refractivity contribution in [3.8, 4) is 0 Å². The molecule has 1 N–H and O–H groups in total. The fourth-order valence-electron chi connectivity index (χ4n) is 2.61. The zero-order chi connectivity index (χ0) is 17.2. The van der Waals surface area contributed by atoms with Crippen molar-refractivity contribution in [2.24, 2.45) is 5.92 Å². The SMILES string of the molecule is O=C(Nc1nccs1)C1CCN(S(=O)(=O)c2ccc(Br)cc2)CC1. The molecule has 1 amide bonds. The molecule has 0 aliphatic carbocycles. The molecule has 1 saturated heterocycles. The maximum absolute atomic E-state index is 12.6. The lowest BCUT2D eigenvalue weighted by Crippen LogP contribution is -2.41. The molecule has 9 heteroatoms. The van der Waals surface area contributed by atoms with Gasteiger partial charge in [-0.2, -0.15) is 4.31 Å². The number of carbonyl (C=O) groups excluding carboxylic acids is 1. The second kappa shape index (κ2) is 7.30. The third kappa shape index (κ3) is 3.85. The highest BCUT2D eigenvalue weighted by molar-refractivity contribution is 9.10. The van der Waals surface area contributed by atoms with Crippen molar-refractivity contribution in [1.29, 1.82) is 0 Å². The van der Waals surface area contributed by atoms with Crippen LogP contribution in [0, 0.1) is 5.92 Å². The Hall–Kier alpha value is -1.29. The van der Waals surface area contributed by atoms with E-state index in [1.54, 1.807) is 35.8 Å². The summed E-state index contributed by atoms with van der Waals surface area (Å²) in [7, 11) is -3.51. The number of nitrogens with one attached hydrogen (secondary N) is 1. The summed E-state index contributed by atoms with van der Waals surface area (Å²) >= 11 is 4.66. The minimum absolute atomic E-state index is 0.0920. The van der Waals surface area contributed by atoms with E-state index in [4.69, 9.17) is 0 Å². The van der Waals surface area contributed by atoms with Gasteiger partial charge in [0.2, 0.25) is 15.9 Å². The maximum atomic E-state index is 12.6. The van der Waals surface area contributed by atoms with Crippen molar-refractivity contribution in [1.82, 2.24) is 9.29 Å². The summed E-state index contributed by atoms with van der Waals surface area (Å²) in [5, 5.41) is 5.15. The first-order valence-electron chi connectivity index (χ1n) is 7.43. The van der Waals surface area contributed by atoms with Crippen molar-refractivity contribution < 1.29 is 13.2 Å². The number of rotatable bonds is 4. The molecular weight excluding hydrogens is 414 g/mol. The van der Waals surface area contributed by atoms with Crippen LogP contribution in [0.5, 0.6) is 0 Å². The van der Waals surface area contributed by atoms with Crippen LogP contribution in [-0.4, -0.2) is 36.7 Å². The van der Waals surface area contributed by atoms with Crippen molar-refractivity contribution >= 4 is 48.3 Å². The number of nitrogens with zero attached hydrogens (tertiary/aromatic N) is 2. The number of carbonyl (C=O) groups is 1. The van der Waals surface area contributed by atoms with E-state index in [0.717, 1.165) is 4.47 Å². The Morgan fingerprint density at radius 1 is 1.25 bits per heavy atom. The van der Waals surface area contributed by atoms with Gasteiger partial charge >= 0.3 is 0 Å². The molecule has 1 fully saturated rings. The number of hydrogen-bond acceptors (Lipinski definition) is 5. The molecular formula is C15H16BrN3O3S2. The van der Waals surface area contributed by atoms with Gasteiger partial charge in [-0.25, -0.2) is 13.4 Å². The highest BCUT2D eigenvalue weighted by atomic mass is 79.9. The minimum atomic E-state index is -3.51. The third-order valence-electron chi connectivity index (χ3n) is 3.94. The molecule has 0 spiro atoms. The second-order valence-corrected chi connectivity index (χ2v) is 9.21. The number of aromatic nitrogens is 1. The van der Waals surface area contributed by atoms with Crippen LogP contribution < -0.4 is 5.32 Å². The number of benzene rings is 1. The van der Waals surface area contributed by atoms with Gasteiger partial charge in [0, 0.05) is 35.1 Å². The van der Waals surface area contributed by atoms with Crippen molar-refractivity contribution in [2.75, 3.05) is 18.4 Å². The predicted octanol–water partition coefficient (Wildman–Crippen LogP) is 2.95. The lowest BCUT2D eigenvalue weighted by Gasteiger charge is -2.30. The fraction of sp³-hybridized carbons (Fsp3) is 0.333. The standard InChI is InChI=1S/C15H16BrN3O3S2/c16-12-1-3-13(4-2-12)24(21,22)19-8-5-11(6-9-19)14(20)18-15-17-7-10-23-15/h1-4,7,10-11H,5-6,8-9H2,(H,17,18,20). The zero-order valence-corrected chi connectivity index (χ0v) is 15.9. The first kappa shape index (κ1) is 17.5. The predicted molar refractivity (Wildman–Crippen MR) is 96.4 cm³/mol. The lowest BCUT2D eigenvalue weighted by atomic mass is 9.97. The number of hydrogen-bond donors (Lipinski definition) is 1. The average molecular weight is 430 g/mol. The molecule has 1 aliphatic heterocycles. The summed E-state index contributed by atoms with van der Waals surface area (Å²) in [6, 6.07) is 6.59. The summed E-state index contributed by atoms with van der Waals surface area (Å²) in [5.41, 5.74) is 0. The van der Waals surface area contributed by atoms with Gasteiger partial charge in [0.05, 0.1) is 4.90 Å².